The Morgan fingerprint density at radius 3 is 2.85 bits per heavy atom. The number of anilines is 2. The van der Waals surface area contributed by atoms with E-state index in [9.17, 15) is 0 Å². The van der Waals surface area contributed by atoms with Crippen LogP contribution in [0.25, 0.3) is 10.9 Å². The van der Waals surface area contributed by atoms with Gasteiger partial charge in [-0.15, -0.1) is 11.3 Å². The molecule has 2 aromatic heterocycles. The number of rotatable bonds is 3. The van der Waals surface area contributed by atoms with Gasteiger partial charge in [0.25, 0.3) is 0 Å². The largest absolute Gasteiger partial charge is 0.397 e. The number of thiophene rings is 1. The van der Waals surface area contributed by atoms with Crippen molar-refractivity contribution in [3.63, 3.8) is 0 Å². The number of pyridine rings is 1. The minimum atomic E-state index is 0.717. The van der Waals surface area contributed by atoms with E-state index in [1.54, 1.807) is 6.20 Å². The van der Waals surface area contributed by atoms with Gasteiger partial charge in [-0.1, -0.05) is 0 Å². The van der Waals surface area contributed by atoms with Crippen molar-refractivity contribution in [2.24, 2.45) is 0 Å². The molecule has 0 atom stereocenters. The Bertz CT molecular complexity index is 742. The van der Waals surface area contributed by atoms with E-state index < -0.39 is 0 Å². The number of hydrogen-bond acceptors (Lipinski definition) is 4. The average molecular weight is 283 g/mol. The first-order valence-electron chi connectivity index (χ1n) is 6.58. The molecule has 0 aliphatic heterocycles. The maximum atomic E-state index is 5.97. The Hall–Kier alpha value is -2.07. The van der Waals surface area contributed by atoms with Gasteiger partial charge in [0.05, 0.1) is 11.2 Å². The second kappa shape index (κ2) is 5.13. The van der Waals surface area contributed by atoms with Crippen LogP contribution in [0.4, 0.5) is 11.4 Å². The zero-order chi connectivity index (χ0) is 14.1. The Balaban J connectivity index is 1.89. The molecule has 0 amide bonds. The van der Waals surface area contributed by atoms with E-state index in [0.29, 0.717) is 5.69 Å². The number of aromatic nitrogens is 1. The summed E-state index contributed by atoms with van der Waals surface area (Å²) in [5.74, 6) is 0. The van der Waals surface area contributed by atoms with Crippen molar-refractivity contribution in [1.29, 1.82) is 0 Å². The second-order valence-electron chi connectivity index (χ2n) is 4.91. The Morgan fingerprint density at radius 2 is 2.10 bits per heavy atom. The minimum Gasteiger partial charge on any atom is -0.397 e. The highest BCUT2D eigenvalue weighted by Crippen LogP contribution is 2.28. The second-order valence-corrected chi connectivity index (χ2v) is 6.25. The lowest BCUT2D eigenvalue weighted by atomic mass is 10.1. The van der Waals surface area contributed by atoms with Crippen LogP contribution in [0.15, 0.2) is 36.5 Å². The van der Waals surface area contributed by atoms with E-state index in [1.165, 1.54) is 15.3 Å². The number of nitrogen functional groups attached to an aromatic ring is 1. The highest BCUT2D eigenvalue weighted by molar-refractivity contribution is 7.12. The van der Waals surface area contributed by atoms with Crippen LogP contribution in [0.3, 0.4) is 0 Å². The molecule has 3 rings (SSSR count). The van der Waals surface area contributed by atoms with Crippen LogP contribution in [0.2, 0.25) is 0 Å². The van der Waals surface area contributed by atoms with Crippen LogP contribution < -0.4 is 11.1 Å². The molecule has 0 aliphatic carbocycles. The number of nitrogens with one attached hydrogen (secondary N) is 1. The maximum absolute atomic E-state index is 5.97. The molecular formula is C16H17N3S. The smallest absolute Gasteiger partial charge is 0.0951 e. The van der Waals surface area contributed by atoms with Crippen LogP contribution in [-0.4, -0.2) is 4.98 Å². The fourth-order valence-corrected chi connectivity index (χ4v) is 3.26. The summed E-state index contributed by atoms with van der Waals surface area (Å²) in [6, 6.07) is 10.2. The van der Waals surface area contributed by atoms with E-state index in [4.69, 9.17) is 5.73 Å². The first-order valence-corrected chi connectivity index (χ1v) is 7.40. The predicted molar refractivity (Wildman–Crippen MR) is 87.3 cm³/mol. The van der Waals surface area contributed by atoms with Crippen LogP contribution in [0.5, 0.6) is 0 Å². The molecule has 3 aromatic rings. The van der Waals surface area contributed by atoms with Crippen LogP contribution in [0, 0.1) is 13.8 Å². The molecule has 0 saturated carbocycles. The first kappa shape index (κ1) is 12.9. The van der Waals surface area contributed by atoms with Gasteiger partial charge in [0, 0.05) is 33.6 Å². The first-order chi connectivity index (χ1) is 9.65. The predicted octanol–water partition coefficient (Wildman–Crippen LogP) is 4.11. The molecule has 102 valence electrons. The third kappa shape index (κ3) is 2.34. The van der Waals surface area contributed by atoms with Crippen LogP contribution in [-0.2, 0) is 6.54 Å². The number of nitrogens with two attached hydrogens (primary N) is 1. The lowest BCUT2D eigenvalue weighted by molar-refractivity contribution is 1.19. The standard InChI is InChI=1S/C16H17N3S/c1-10-8-12(20-11(10)2)9-19-15-6-5-14(17)16-13(15)4-3-7-18-16/h3-8,19H,9,17H2,1-2H3. The SMILES string of the molecule is Cc1cc(CNc2ccc(N)c3ncccc23)sc1C. The number of nitrogens with zero attached hydrogens (tertiary/aromatic N) is 1. The molecule has 0 fully saturated rings. The summed E-state index contributed by atoms with van der Waals surface area (Å²) in [6.45, 7) is 5.14. The molecule has 3 nitrogen and oxygen atoms in total. The Labute approximate surface area is 122 Å². The summed E-state index contributed by atoms with van der Waals surface area (Å²) in [5.41, 5.74) is 9.97. The summed E-state index contributed by atoms with van der Waals surface area (Å²) in [6.07, 6.45) is 1.77. The molecule has 0 aliphatic rings. The molecule has 0 spiro atoms. The Morgan fingerprint density at radius 1 is 1.25 bits per heavy atom. The monoisotopic (exact) mass is 283 g/mol. The summed E-state index contributed by atoms with van der Waals surface area (Å²) < 4.78 is 0. The summed E-state index contributed by atoms with van der Waals surface area (Å²) in [5, 5.41) is 4.55. The van der Waals surface area contributed by atoms with Crippen molar-refractivity contribution < 1.29 is 0 Å². The van der Waals surface area contributed by atoms with Crippen LogP contribution >= 0.6 is 11.3 Å². The summed E-state index contributed by atoms with van der Waals surface area (Å²) in [4.78, 5) is 7.07. The summed E-state index contributed by atoms with van der Waals surface area (Å²) >= 11 is 1.84. The molecule has 0 radical (unpaired) electrons. The highest BCUT2D eigenvalue weighted by atomic mass is 32.1. The zero-order valence-corrected chi connectivity index (χ0v) is 12.4. The molecule has 1 aromatic carbocycles. The lowest BCUT2D eigenvalue weighted by Crippen LogP contribution is -1.99. The topological polar surface area (TPSA) is 50.9 Å². The van der Waals surface area contributed by atoms with E-state index in [1.807, 2.05) is 35.6 Å². The molecule has 4 heteroatoms. The number of fused-ring (bicyclic) bond motifs is 1. The third-order valence-corrected chi connectivity index (χ3v) is 4.62. The van der Waals surface area contributed by atoms with E-state index in [2.05, 4.69) is 30.2 Å². The van der Waals surface area contributed by atoms with E-state index in [-0.39, 0.29) is 0 Å². The normalized spacial score (nSPS) is 10.9. The van der Waals surface area contributed by atoms with Crippen molar-refractivity contribution in [1.82, 2.24) is 4.98 Å². The van der Waals surface area contributed by atoms with Gasteiger partial charge < -0.3 is 11.1 Å². The molecule has 0 unspecified atom stereocenters. The van der Waals surface area contributed by atoms with Crippen molar-refractivity contribution >= 4 is 33.6 Å². The number of benzene rings is 1. The van der Waals surface area contributed by atoms with Gasteiger partial charge in [0.2, 0.25) is 0 Å². The van der Waals surface area contributed by atoms with Crippen molar-refractivity contribution in [3.8, 4) is 0 Å². The van der Waals surface area contributed by atoms with Gasteiger partial charge in [-0.2, -0.15) is 0 Å². The Kier molecular flexibility index (Phi) is 3.32. The van der Waals surface area contributed by atoms with Gasteiger partial charge in [-0.25, -0.2) is 0 Å². The number of aryl methyl sites for hydroxylation is 2. The van der Waals surface area contributed by atoms with Crippen molar-refractivity contribution in [2.75, 3.05) is 11.1 Å². The van der Waals surface area contributed by atoms with Crippen LogP contribution in [0.1, 0.15) is 15.3 Å². The molecule has 0 saturated heterocycles. The van der Waals surface area contributed by atoms with Crippen molar-refractivity contribution in [2.45, 2.75) is 20.4 Å². The van der Waals surface area contributed by atoms with Gasteiger partial charge in [-0.3, -0.25) is 4.98 Å². The molecule has 0 bridgehead atoms. The van der Waals surface area contributed by atoms with Gasteiger partial charge >= 0.3 is 0 Å². The zero-order valence-electron chi connectivity index (χ0n) is 11.6. The fraction of sp³-hybridized carbons (Fsp3) is 0.188. The lowest BCUT2D eigenvalue weighted by Gasteiger charge is -2.10. The van der Waals surface area contributed by atoms with E-state index >= 15 is 0 Å². The molecule has 2 heterocycles. The third-order valence-electron chi connectivity index (χ3n) is 3.47. The van der Waals surface area contributed by atoms with Gasteiger partial charge in [0.1, 0.15) is 0 Å². The quantitative estimate of drug-likeness (QED) is 0.711. The molecule has 3 N–H and O–H groups in total. The molecule has 20 heavy (non-hydrogen) atoms. The van der Waals surface area contributed by atoms with Crippen molar-refractivity contribution in [3.05, 3.63) is 51.8 Å². The maximum Gasteiger partial charge on any atom is 0.0951 e. The molecular weight excluding hydrogens is 266 g/mol. The summed E-state index contributed by atoms with van der Waals surface area (Å²) in [7, 11) is 0. The number of hydrogen-bond donors (Lipinski definition) is 2. The fourth-order valence-electron chi connectivity index (χ4n) is 2.27. The van der Waals surface area contributed by atoms with Gasteiger partial charge in [-0.05, 0) is 49.7 Å². The van der Waals surface area contributed by atoms with E-state index in [0.717, 1.165) is 23.1 Å². The minimum absolute atomic E-state index is 0.717. The average Bonchev–Trinajstić information content (AvgIpc) is 2.77. The van der Waals surface area contributed by atoms with Gasteiger partial charge in [0.15, 0.2) is 0 Å². The highest BCUT2D eigenvalue weighted by Gasteiger charge is 2.06.